The van der Waals surface area contributed by atoms with Crippen molar-refractivity contribution in [2.45, 2.75) is 6.18 Å². The van der Waals surface area contributed by atoms with E-state index in [1.54, 1.807) is 30.3 Å². The van der Waals surface area contributed by atoms with Gasteiger partial charge in [0, 0.05) is 32.7 Å². The van der Waals surface area contributed by atoms with Crippen molar-refractivity contribution in [2.24, 2.45) is 0 Å². The number of rotatable bonds is 4. The van der Waals surface area contributed by atoms with E-state index in [-0.39, 0.29) is 19.7 Å². The summed E-state index contributed by atoms with van der Waals surface area (Å²) in [7, 11) is 0. The lowest BCUT2D eigenvalue weighted by atomic mass is 10.2. The zero-order chi connectivity index (χ0) is 16.9. The molecule has 0 atom stereocenters. The average Bonchev–Trinajstić information content (AvgIpc) is 2.54. The lowest BCUT2D eigenvalue weighted by molar-refractivity contribution is -0.187. The highest BCUT2D eigenvalue weighted by Crippen LogP contribution is 2.19. The van der Waals surface area contributed by atoms with Crippen LogP contribution in [0.5, 0.6) is 0 Å². The second-order valence-electron chi connectivity index (χ2n) is 5.13. The second-order valence-corrected chi connectivity index (χ2v) is 5.13. The van der Waals surface area contributed by atoms with Crippen LogP contribution in [0.1, 0.15) is 10.4 Å². The fourth-order valence-corrected chi connectivity index (χ4v) is 2.28. The number of hydrogen-bond acceptors (Lipinski definition) is 4. The molecule has 1 aromatic carbocycles. The van der Waals surface area contributed by atoms with E-state index < -0.39 is 18.1 Å². The van der Waals surface area contributed by atoms with Gasteiger partial charge in [-0.3, -0.25) is 9.69 Å². The van der Waals surface area contributed by atoms with Crippen LogP contribution in [0.2, 0.25) is 0 Å². The molecular formula is C15H17F3N2O3. The third-order valence-corrected chi connectivity index (χ3v) is 3.55. The Bertz CT molecular complexity index is 541. The van der Waals surface area contributed by atoms with E-state index >= 15 is 0 Å². The minimum absolute atomic E-state index is 0.0188. The fraction of sp³-hybridized carbons (Fsp3) is 0.467. The van der Waals surface area contributed by atoms with Crippen LogP contribution in [-0.4, -0.2) is 67.2 Å². The number of esters is 1. The molecule has 1 amide bonds. The Balaban J connectivity index is 1.69. The largest absolute Gasteiger partial charge is 0.471 e. The van der Waals surface area contributed by atoms with Crippen LogP contribution in [0.3, 0.4) is 0 Å². The summed E-state index contributed by atoms with van der Waals surface area (Å²) >= 11 is 0. The maximum absolute atomic E-state index is 12.3. The number of piperazine rings is 1. The lowest BCUT2D eigenvalue weighted by Gasteiger charge is -2.34. The molecule has 1 aromatic rings. The number of ether oxygens (including phenoxy) is 1. The summed E-state index contributed by atoms with van der Waals surface area (Å²) in [5.41, 5.74) is 0.452. The van der Waals surface area contributed by atoms with Gasteiger partial charge in [-0.15, -0.1) is 0 Å². The molecule has 5 nitrogen and oxygen atoms in total. The van der Waals surface area contributed by atoms with E-state index in [2.05, 4.69) is 0 Å². The third kappa shape index (κ3) is 4.95. The number of hydrogen-bond donors (Lipinski definition) is 0. The molecule has 0 aromatic heterocycles. The standard InChI is InChI=1S/C15H17F3N2O3/c16-15(17,18)14(22)20-8-6-19(7-9-20)10-11-23-13(21)12-4-2-1-3-5-12/h1-5H,6-11H2. The van der Waals surface area contributed by atoms with Crippen molar-refractivity contribution >= 4 is 11.9 Å². The highest BCUT2D eigenvalue weighted by molar-refractivity contribution is 5.89. The predicted molar refractivity (Wildman–Crippen MR) is 75.8 cm³/mol. The summed E-state index contributed by atoms with van der Waals surface area (Å²) in [5.74, 6) is -2.23. The number of carbonyl (C=O) groups excluding carboxylic acids is 2. The van der Waals surface area contributed by atoms with Crippen molar-refractivity contribution in [3.63, 3.8) is 0 Å². The average molecular weight is 330 g/mol. The second kappa shape index (κ2) is 7.45. The van der Waals surface area contributed by atoms with Gasteiger partial charge in [-0.2, -0.15) is 13.2 Å². The van der Waals surface area contributed by atoms with Gasteiger partial charge in [0.15, 0.2) is 0 Å². The van der Waals surface area contributed by atoms with Crippen LogP contribution >= 0.6 is 0 Å². The first-order valence-corrected chi connectivity index (χ1v) is 7.18. The van der Waals surface area contributed by atoms with Gasteiger partial charge in [0.2, 0.25) is 0 Å². The molecule has 1 saturated heterocycles. The van der Waals surface area contributed by atoms with Crippen molar-refractivity contribution in [1.82, 2.24) is 9.80 Å². The molecule has 0 N–H and O–H groups in total. The normalized spacial score (nSPS) is 16.2. The van der Waals surface area contributed by atoms with Gasteiger partial charge in [-0.05, 0) is 12.1 Å². The summed E-state index contributed by atoms with van der Waals surface area (Å²) in [6, 6.07) is 8.53. The van der Waals surface area contributed by atoms with Gasteiger partial charge >= 0.3 is 18.1 Å². The molecule has 0 bridgehead atoms. The number of carbonyl (C=O) groups is 2. The Kier molecular flexibility index (Phi) is 5.59. The van der Waals surface area contributed by atoms with Gasteiger partial charge in [0.25, 0.3) is 0 Å². The highest BCUT2D eigenvalue weighted by Gasteiger charge is 2.43. The Labute approximate surface area is 131 Å². The van der Waals surface area contributed by atoms with E-state index in [0.717, 1.165) is 4.90 Å². The predicted octanol–water partition coefficient (Wildman–Crippen LogP) is 1.55. The van der Waals surface area contributed by atoms with Gasteiger partial charge in [-0.25, -0.2) is 4.79 Å². The Morgan fingerprint density at radius 1 is 1.04 bits per heavy atom. The molecule has 126 valence electrons. The summed E-state index contributed by atoms with van der Waals surface area (Å²) < 4.78 is 42.1. The quantitative estimate of drug-likeness (QED) is 0.786. The molecule has 8 heteroatoms. The first kappa shape index (κ1) is 17.3. The number of alkyl halides is 3. The summed E-state index contributed by atoms with van der Waals surface area (Å²) in [6.07, 6.45) is -4.83. The first-order chi connectivity index (χ1) is 10.9. The van der Waals surface area contributed by atoms with E-state index in [0.29, 0.717) is 25.2 Å². The van der Waals surface area contributed by atoms with Crippen LogP contribution in [-0.2, 0) is 9.53 Å². The molecule has 0 spiro atoms. The number of halogens is 3. The van der Waals surface area contributed by atoms with Crippen molar-refractivity contribution in [3.8, 4) is 0 Å². The van der Waals surface area contributed by atoms with E-state index in [1.165, 1.54) is 0 Å². The van der Waals surface area contributed by atoms with Gasteiger partial charge < -0.3 is 9.64 Å². The zero-order valence-corrected chi connectivity index (χ0v) is 12.4. The Hall–Kier alpha value is -2.09. The molecule has 1 aliphatic heterocycles. The summed E-state index contributed by atoms with van der Waals surface area (Å²) in [4.78, 5) is 25.5. The number of benzene rings is 1. The third-order valence-electron chi connectivity index (χ3n) is 3.55. The van der Waals surface area contributed by atoms with Crippen LogP contribution in [0.4, 0.5) is 13.2 Å². The van der Waals surface area contributed by atoms with Crippen molar-refractivity contribution in [3.05, 3.63) is 35.9 Å². The van der Waals surface area contributed by atoms with Crippen LogP contribution in [0, 0.1) is 0 Å². The summed E-state index contributed by atoms with van der Waals surface area (Å²) in [6.45, 7) is 1.26. The SMILES string of the molecule is O=C(OCCN1CCN(C(=O)C(F)(F)F)CC1)c1ccccc1. The number of amides is 1. The van der Waals surface area contributed by atoms with E-state index in [9.17, 15) is 22.8 Å². The van der Waals surface area contributed by atoms with E-state index in [4.69, 9.17) is 4.74 Å². The lowest BCUT2D eigenvalue weighted by Crippen LogP contribution is -2.52. The molecule has 23 heavy (non-hydrogen) atoms. The van der Waals surface area contributed by atoms with Crippen LogP contribution < -0.4 is 0 Å². The van der Waals surface area contributed by atoms with Crippen molar-refractivity contribution < 1.29 is 27.5 Å². The molecule has 0 aliphatic carbocycles. The van der Waals surface area contributed by atoms with Gasteiger partial charge in [0.1, 0.15) is 6.61 Å². The zero-order valence-electron chi connectivity index (χ0n) is 12.4. The minimum atomic E-state index is -4.83. The van der Waals surface area contributed by atoms with Crippen molar-refractivity contribution in [1.29, 1.82) is 0 Å². The molecule has 0 radical (unpaired) electrons. The molecule has 1 heterocycles. The highest BCUT2D eigenvalue weighted by atomic mass is 19.4. The van der Waals surface area contributed by atoms with E-state index in [1.807, 2.05) is 4.90 Å². The summed E-state index contributed by atoms with van der Waals surface area (Å²) in [5, 5.41) is 0. The Morgan fingerprint density at radius 3 is 2.22 bits per heavy atom. The molecule has 0 unspecified atom stereocenters. The molecular weight excluding hydrogens is 313 g/mol. The maximum atomic E-state index is 12.3. The molecule has 0 saturated carbocycles. The minimum Gasteiger partial charge on any atom is -0.461 e. The molecule has 2 rings (SSSR count). The number of nitrogens with zero attached hydrogens (tertiary/aromatic N) is 2. The van der Waals surface area contributed by atoms with Crippen LogP contribution in [0.15, 0.2) is 30.3 Å². The van der Waals surface area contributed by atoms with Crippen LogP contribution in [0.25, 0.3) is 0 Å². The first-order valence-electron chi connectivity index (χ1n) is 7.18. The fourth-order valence-electron chi connectivity index (χ4n) is 2.28. The Morgan fingerprint density at radius 2 is 1.65 bits per heavy atom. The monoisotopic (exact) mass is 330 g/mol. The van der Waals surface area contributed by atoms with Gasteiger partial charge in [0.05, 0.1) is 5.56 Å². The molecule has 1 aliphatic rings. The molecule has 1 fully saturated rings. The topological polar surface area (TPSA) is 49.9 Å². The van der Waals surface area contributed by atoms with Gasteiger partial charge in [-0.1, -0.05) is 18.2 Å². The van der Waals surface area contributed by atoms with Crippen molar-refractivity contribution in [2.75, 3.05) is 39.3 Å². The maximum Gasteiger partial charge on any atom is 0.471 e. The smallest absolute Gasteiger partial charge is 0.461 e.